The molecule has 0 saturated heterocycles. The van der Waals surface area contributed by atoms with Crippen LogP contribution in [0.15, 0.2) is 18.2 Å². The normalized spacial score (nSPS) is 15.2. The maximum Gasteiger partial charge on any atom is 0.324 e. The van der Waals surface area contributed by atoms with Crippen LogP contribution in [-0.4, -0.2) is 38.8 Å². The van der Waals surface area contributed by atoms with E-state index in [4.69, 9.17) is 4.74 Å². The minimum Gasteiger partial charge on any atom is -0.465 e. The molecule has 5 heteroatoms. The molecule has 2 rings (SSSR count). The summed E-state index contributed by atoms with van der Waals surface area (Å²) in [6.45, 7) is 3.44. The lowest BCUT2D eigenvalue weighted by atomic mass is 10.1. The molecule has 104 valence electrons. The van der Waals surface area contributed by atoms with E-state index < -0.39 is 6.04 Å². The summed E-state index contributed by atoms with van der Waals surface area (Å²) in [5.74, 6) is -0.516. The van der Waals surface area contributed by atoms with E-state index in [-0.39, 0.29) is 11.8 Å². The predicted octanol–water partition coefficient (Wildman–Crippen LogP) is 1.34. The zero-order chi connectivity index (χ0) is 13.8. The van der Waals surface area contributed by atoms with Crippen molar-refractivity contribution in [1.82, 2.24) is 5.32 Å². The molecule has 1 aliphatic heterocycles. The lowest BCUT2D eigenvalue weighted by molar-refractivity contribution is -0.145. The summed E-state index contributed by atoms with van der Waals surface area (Å²) in [5.41, 5.74) is 2.00. The molecule has 0 saturated carbocycles. The Hall–Kier alpha value is -1.62. The number of esters is 1. The number of ether oxygens (including phenoxy) is 1. The molecular formula is C14H19FN2O2. The van der Waals surface area contributed by atoms with Crippen LogP contribution >= 0.6 is 0 Å². The first-order valence-corrected chi connectivity index (χ1v) is 6.53. The molecule has 1 aliphatic rings. The highest BCUT2D eigenvalue weighted by Gasteiger charge is 2.26. The van der Waals surface area contributed by atoms with Crippen molar-refractivity contribution in [3.8, 4) is 0 Å². The second kappa shape index (κ2) is 6.02. The van der Waals surface area contributed by atoms with Crippen molar-refractivity contribution in [2.24, 2.45) is 0 Å². The van der Waals surface area contributed by atoms with Gasteiger partial charge in [-0.25, -0.2) is 4.39 Å². The standard InChI is InChI=1S/C14H19FN2O2/c1-3-19-14(18)12(16-2)9-17-7-6-10-4-5-11(15)8-13(10)17/h4-5,8,12,16H,3,6-7,9H2,1-2H3. The van der Waals surface area contributed by atoms with Gasteiger partial charge in [0.25, 0.3) is 0 Å². The molecule has 1 unspecified atom stereocenters. The fourth-order valence-corrected chi connectivity index (χ4v) is 2.36. The summed E-state index contributed by atoms with van der Waals surface area (Å²) >= 11 is 0. The molecule has 0 fully saturated rings. The lowest BCUT2D eigenvalue weighted by Gasteiger charge is -2.24. The molecule has 0 bridgehead atoms. The third-order valence-corrected chi connectivity index (χ3v) is 3.36. The number of nitrogens with zero attached hydrogens (tertiary/aromatic N) is 1. The smallest absolute Gasteiger partial charge is 0.324 e. The topological polar surface area (TPSA) is 41.6 Å². The number of halogens is 1. The van der Waals surface area contributed by atoms with Crippen LogP contribution in [0.3, 0.4) is 0 Å². The van der Waals surface area contributed by atoms with E-state index in [0.29, 0.717) is 13.2 Å². The van der Waals surface area contributed by atoms with E-state index in [9.17, 15) is 9.18 Å². The number of carbonyl (C=O) groups is 1. The molecule has 4 nitrogen and oxygen atoms in total. The molecule has 1 heterocycles. The minimum atomic E-state index is -0.394. The van der Waals surface area contributed by atoms with Crippen molar-refractivity contribution < 1.29 is 13.9 Å². The van der Waals surface area contributed by atoms with Gasteiger partial charge in [0.05, 0.1) is 6.61 Å². The van der Waals surface area contributed by atoms with E-state index in [2.05, 4.69) is 5.32 Å². The molecular weight excluding hydrogens is 247 g/mol. The molecule has 0 aromatic heterocycles. The Kier molecular flexibility index (Phi) is 4.37. The first-order valence-electron chi connectivity index (χ1n) is 6.53. The molecule has 1 aromatic carbocycles. The van der Waals surface area contributed by atoms with Gasteiger partial charge in [-0.1, -0.05) is 6.07 Å². The van der Waals surface area contributed by atoms with Gasteiger partial charge >= 0.3 is 5.97 Å². The van der Waals surface area contributed by atoms with Crippen LogP contribution < -0.4 is 10.2 Å². The predicted molar refractivity (Wildman–Crippen MR) is 71.8 cm³/mol. The molecule has 0 radical (unpaired) electrons. The van der Waals surface area contributed by atoms with E-state index in [1.165, 1.54) is 12.1 Å². The minimum absolute atomic E-state index is 0.247. The number of fused-ring (bicyclic) bond motifs is 1. The SMILES string of the molecule is CCOC(=O)C(CN1CCc2ccc(F)cc21)NC. The second-order valence-electron chi connectivity index (χ2n) is 4.56. The zero-order valence-electron chi connectivity index (χ0n) is 11.3. The number of likely N-dealkylation sites (N-methyl/N-ethyl adjacent to an activating group) is 1. The largest absolute Gasteiger partial charge is 0.465 e. The Labute approximate surface area is 112 Å². The Bertz CT molecular complexity index is 465. The Morgan fingerprint density at radius 3 is 3.05 bits per heavy atom. The Morgan fingerprint density at radius 1 is 1.58 bits per heavy atom. The Balaban J connectivity index is 2.09. The van der Waals surface area contributed by atoms with Crippen LogP contribution in [-0.2, 0) is 16.0 Å². The van der Waals surface area contributed by atoms with Crippen LogP contribution in [0.5, 0.6) is 0 Å². The molecule has 0 amide bonds. The van der Waals surface area contributed by atoms with E-state index in [1.54, 1.807) is 14.0 Å². The summed E-state index contributed by atoms with van der Waals surface area (Å²) in [7, 11) is 1.73. The maximum atomic E-state index is 13.3. The highest BCUT2D eigenvalue weighted by atomic mass is 19.1. The van der Waals surface area contributed by atoms with Gasteiger partial charge in [-0.3, -0.25) is 4.79 Å². The zero-order valence-corrected chi connectivity index (χ0v) is 11.3. The van der Waals surface area contributed by atoms with Crippen LogP contribution in [0.1, 0.15) is 12.5 Å². The first-order chi connectivity index (χ1) is 9.15. The van der Waals surface area contributed by atoms with Crippen molar-refractivity contribution in [3.05, 3.63) is 29.6 Å². The average molecular weight is 266 g/mol. The third-order valence-electron chi connectivity index (χ3n) is 3.36. The van der Waals surface area contributed by atoms with Crippen molar-refractivity contribution >= 4 is 11.7 Å². The fourth-order valence-electron chi connectivity index (χ4n) is 2.36. The lowest BCUT2D eigenvalue weighted by Crippen LogP contribution is -2.45. The van der Waals surface area contributed by atoms with Gasteiger partial charge in [0.2, 0.25) is 0 Å². The number of anilines is 1. The van der Waals surface area contributed by atoms with Crippen molar-refractivity contribution in [1.29, 1.82) is 0 Å². The van der Waals surface area contributed by atoms with Crippen molar-refractivity contribution in [3.63, 3.8) is 0 Å². The highest BCUT2D eigenvalue weighted by molar-refractivity contribution is 5.77. The fraction of sp³-hybridized carbons (Fsp3) is 0.500. The van der Waals surface area contributed by atoms with Crippen molar-refractivity contribution in [2.75, 3.05) is 31.6 Å². The summed E-state index contributed by atoms with van der Waals surface area (Å²) in [6, 6.07) is 4.42. The molecule has 1 N–H and O–H groups in total. The number of carbonyl (C=O) groups excluding carboxylic acids is 1. The van der Waals surface area contributed by atoms with Gasteiger partial charge in [-0.2, -0.15) is 0 Å². The molecule has 1 atom stereocenters. The van der Waals surface area contributed by atoms with Gasteiger partial charge in [0.15, 0.2) is 0 Å². The number of rotatable bonds is 5. The number of hydrogen-bond acceptors (Lipinski definition) is 4. The second-order valence-corrected chi connectivity index (χ2v) is 4.56. The van der Waals surface area contributed by atoms with E-state index in [1.807, 2.05) is 11.0 Å². The summed E-state index contributed by atoms with van der Waals surface area (Å²) in [5, 5.41) is 2.95. The highest BCUT2D eigenvalue weighted by Crippen LogP contribution is 2.28. The van der Waals surface area contributed by atoms with Gasteiger partial charge < -0.3 is 15.0 Å². The molecule has 0 aliphatic carbocycles. The van der Waals surface area contributed by atoms with Crippen molar-refractivity contribution in [2.45, 2.75) is 19.4 Å². The van der Waals surface area contributed by atoms with E-state index in [0.717, 1.165) is 24.2 Å². The maximum absolute atomic E-state index is 13.3. The Morgan fingerprint density at radius 2 is 2.37 bits per heavy atom. The molecule has 1 aromatic rings. The van der Waals surface area contributed by atoms with Gasteiger partial charge in [-0.15, -0.1) is 0 Å². The summed E-state index contributed by atoms with van der Waals surface area (Å²) in [6.07, 6.45) is 0.884. The number of hydrogen-bond donors (Lipinski definition) is 1. The number of benzene rings is 1. The first kappa shape index (κ1) is 13.8. The quantitative estimate of drug-likeness (QED) is 0.817. The van der Waals surface area contributed by atoms with E-state index >= 15 is 0 Å². The van der Waals surface area contributed by atoms with Gasteiger partial charge in [0, 0.05) is 18.8 Å². The summed E-state index contributed by atoms with van der Waals surface area (Å²) < 4.78 is 18.3. The van der Waals surface area contributed by atoms with Crippen LogP contribution in [0, 0.1) is 5.82 Å². The van der Waals surface area contributed by atoms with Gasteiger partial charge in [0.1, 0.15) is 11.9 Å². The average Bonchev–Trinajstić information content (AvgIpc) is 2.78. The monoisotopic (exact) mass is 266 g/mol. The van der Waals surface area contributed by atoms with Gasteiger partial charge in [-0.05, 0) is 38.1 Å². The number of nitrogens with one attached hydrogen (secondary N) is 1. The van der Waals surface area contributed by atoms with Crippen LogP contribution in [0.4, 0.5) is 10.1 Å². The summed E-state index contributed by atoms with van der Waals surface area (Å²) in [4.78, 5) is 13.8. The van der Waals surface area contributed by atoms with Crippen LogP contribution in [0.2, 0.25) is 0 Å². The molecule has 19 heavy (non-hydrogen) atoms. The third kappa shape index (κ3) is 3.04. The molecule has 0 spiro atoms. The van der Waals surface area contributed by atoms with Crippen LogP contribution in [0.25, 0.3) is 0 Å².